The Bertz CT molecular complexity index is 898. The number of ether oxygens (including phenoxy) is 2. The molecule has 4 aliphatic carbocycles. The van der Waals surface area contributed by atoms with E-state index >= 15 is 0 Å². The summed E-state index contributed by atoms with van der Waals surface area (Å²) in [5.74, 6) is 2.51. The molecule has 6 fully saturated rings. The Balaban J connectivity index is 1.27. The molecule has 0 amide bonds. The normalized spacial score (nSPS) is 48.5. The van der Waals surface area contributed by atoms with Crippen molar-refractivity contribution >= 4 is 5.97 Å². The van der Waals surface area contributed by atoms with E-state index in [0.29, 0.717) is 35.8 Å². The van der Waals surface area contributed by atoms with Gasteiger partial charge in [-0.05, 0) is 73.7 Å². The van der Waals surface area contributed by atoms with Crippen LogP contribution in [0.5, 0.6) is 0 Å². The third kappa shape index (κ3) is 4.23. The topological polar surface area (TPSA) is 59.0 Å². The summed E-state index contributed by atoms with van der Waals surface area (Å²) in [7, 11) is 0. The van der Waals surface area contributed by atoms with Crippen LogP contribution in [0.25, 0.3) is 0 Å². The van der Waals surface area contributed by atoms with Crippen molar-refractivity contribution in [3.8, 4) is 0 Å². The molecule has 0 aromatic heterocycles. The molecule has 0 radical (unpaired) electrons. The first-order valence-electron chi connectivity index (χ1n) is 15.9. The summed E-state index contributed by atoms with van der Waals surface area (Å²) in [6, 6.07) is 0.666. The first-order valence-corrected chi connectivity index (χ1v) is 15.9. The maximum Gasteiger partial charge on any atom is 0.302 e. The van der Waals surface area contributed by atoms with Crippen LogP contribution in [0.15, 0.2) is 12.7 Å². The fraction of sp³-hybridized carbons (Fsp3) is 0.906. The van der Waals surface area contributed by atoms with Crippen LogP contribution in [0.4, 0.5) is 0 Å². The number of aliphatic hydroxyl groups is 1. The van der Waals surface area contributed by atoms with Gasteiger partial charge in [0.05, 0.1) is 32.8 Å². The molecule has 0 aromatic carbocycles. The number of nitrogens with zero attached hydrogens (tertiary/aromatic N) is 2. The van der Waals surface area contributed by atoms with E-state index in [2.05, 4.69) is 31.4 Å². The summed E-state index contributed by atoms with van der Waals surface area (Å²) in [5.41, 5.74) is 0.316. The number of carbonyl (C=O) groups excluding carboxylic acids is 1. The number of likely N-dealkylation sites (tertiary alicyclic amines) is 1. The summed E-state index contributed by atoms with van der Waals surface area (Å²) in [6.45, 7) is 17.6. The molecule has 0 aromatic rings. The molecule has 2 heterocycles. The highest BCUT2D eigenvalue weighted by molar-refractivity contribution is 5.66. The quantitative estimate of drug-likeness (QED) is 0.325. The largest absolute Gasteiger partial charge is 0.461 e. The maximum atomic E-state index is 12.1. The highest BCUT2D eigenvalue weighted by Gasteiger charge is 2.66. The summed E-state index contributed by atoms with van der Waals surface area (Å²) in [4.78, 5) is 14.7. The van der Waals surface area contributed by atoms with Gasteiger partial charge in [0.15, 0.2) is 0 Å². The second kappa shape index (κ2) is 10.2. The third-order valence-corrected chi connectivity index (χ3v) is 13.1. The van der Waals surface area contributed by atoms with Crippen molar-refractivity contribution in [1.29, 1.82) is 0 Å². The Labute approximate surface area is 230 Å². The van der Waals surface area contributed by atoms with Crippen LogP contribution in [0.1, 0.15) is 78.6 Å². The Kier molecular flexibility index (Phi) is 7.27. The highest BCUT2D eigenvalue weighted by Crippen LogP contribution is 2.67. The van der Waals surface area contributed by atoms with Gasteiger partial charge in [0, 0.05) is 50.7 Å². The zero-order valence-electron chi connectivity index (χ0n) is 24.3. The molecule has 0 spiro atoms. The molecular weight excluding hydrogens is 476 g/mol. The van der Waals surface area contributed by atoms with Gasteiger partial charge in [0.2, 0.25) is 0 Å². The van der Waals surface area contributed by atoms with Gasteiger partial charge < -0.3 is 19.1 Å². The zero-order chi connectivity index (χ0) is 26.7. The second-order valence-corrected chi connectivity index (χ2v) is 14.6. The lowest BCUT2D eigenvalue weighted by atomic mass is 9.44. The van der Waals surface area contributed by atoms with Crippen molar-refractivity contribution in [2.45, 2.75) is 103 Å². The minimum absolute atomic E-state index is 0.00481. The van der Waals surface area contributed by atoms with Crippen molar-refractivity contribution in [2.75, 3.05) is 45.9 Å². The van der Waals surface area contributed by atoms with Crippen molar-refractivity contribution < 1.29 is 23.9 Å². The van der Waals surface area contributed by atoms with Gasteiger partial charge in [-0.25, -0.2) is 0 Å². The Morgan fingerprint density at radius 1 is 1.11 bits per heavy atom. The summed E-state index contributed by atoms with van der Waals surface area (Å²) >= 11 is 0. The van der Waals surface area contributed by atoms with Crippen LogP contribution in [-0.4, -0.2) is 90.7 Å². The van der Waals surface area contributed by atoms with E-state index in [1.807, 2.05) is 0 Å². The van der Waals surface area contributed by atoms with Gasteiger partial charge in [-0.1, -0.05) is 20.4 Å². The fourth-order valence-corrected chi connectivity index (χ4v) is 11.3. The lowest BCUT2D eigenvalue weighted by Crippen LogP contribution is -2.61. The summed E-state index contributed by atoms with van der Waals surface area (Å²) < 4.78 is 12.8. The average molecular weight is 530 g/mol. The van der Waals surface area contributed by atoms with Crippen LogP contribution in [0, 0.1) is 34.5 Å². The van der Waals surface area contributed by atoms with E-state index in [9.17, 15) is 9.90 Å². The van der Waals surface area contributed by atoms with Crippen molar-refractivity contribution in [1.82, 2.24) is 4.90 Å². The molecule has 1 N–H and O–H groups in total. The number of rotatable bonds is 5. The van der Waals surface area contributed by atoms with Crippen LogP contribution >= 0.6 is 0 Å². The molecule has 0 bridgehead atoms. The van der Waals surface area contributed by atoms with Crippen molar-refractivity contribution in [3.05, 3.63) is 12.7 Å². The molecule has 6 heteroatoms. The Morgan fingerprint density at radius 2 is 1.84 bits per heavy atom. The van der Waals surface area contributed by atoms with Gasteiger partial charge in [0.25, 0.3) is 0 Å². The molecule has 4 saturated carbocycles. The predicted octanol–water partition coefficient (Wildman–Crippen LogP) is 4.41. The van der Waals surface area contributed by atoms with Crippen LogP contribution in [0.2, 0.25) is 0 Å². The molecule has 2 aliphatic heterocycles. The average Bonchev–Trinajstić information content (AvgIpc) is 3.47. The number of aliphatic hydroxyl groups excluding tert-OH is 1. The Morgan fingerprint density at radius 3 is 2.53 bits per heavy atom. The lowest BCUT2D eigenvalue weighted by molar-refractivity contribution is -0.938. The number of hydrogen-bond donors (Lipinski definition) is 1. The van der Waals surface area contributed by atoms with Gasteiger partial charge in [-0.15, -0.1) is 0 Å². The maximum absolute atomic E-state index is 12.1. The van der Waals surface area contributed by atoms with Crippen LogP contribution < -0.4 is 0 Å². The molecule has 214 valence electrons. The van der Waals surface area contributed by atoms with Gasteiger partial charge in [-0.3, -0.25) is 9.69 Å². The van der Waals surface area contributed by atoms with E-state index in [1.54, 1.807) is 6.92 Å². The lowest BCUT2D eigenvalue weighted by Gasteiger charge is -2.62. The predicted molar refractivity (Wildman–Crippen MR) is 148 cm³/mol. The first-order chi connectivity index (χ1) is 18.2. The number of esters is 1. The van der Waals surface area contributed by atoms with E-state index < -0.39 is 0 Å². The molecule has 6 rings (SSSR count). The SMILES string of the molecule is C=CC[N+]1([C@H]2CC3C4CC[C@H]5C[C@H](OC(C)=O)[C@@H](N6CCOCC6)C[C@]5(C)C4CC[C@]3(C)[C@H]2O)CCCC1. The number of hydrogen-bond acceptors (Lipinski definition) is 5. The number of carbonyl (C=O) groups is 1. The first kappa shape index (κ1) is 27.2. The zero-order valence-corrected chi connectivity index (χ0v) is 24.3. The summed E-state index contributed by atoms with van der Waals surface area (Å²) in [5, 5.41) is 12.0. The van der Waals surface area contributed by atoms with Gasteiger partial charge in [-0.2, -0.15) is 0 Å². The third-order valence-electron chi connectivity index (χ3n) is 13.1. The smallest absolute Gasteiger partial charge is 0.302 e. The van der Waals surface area contributed by atoms with E-state index in [0.717, 1.165) is 56.6 Å². The number of morpholine rings is 1. The minimum Gasteiger partial charge on any atom is -0.461 e. The molecule has 6 aliphatic rings. The van der Waals surface area contributed by atoms with E-state index in [1.165, 1.54) is 51.6 Å². The van der Waals surface area contributed by atoms with Crippen molar-refractivity contribution in [2.24, 2.45) is 34.5 Å². The molecular formula is C32H53N2O4+. The van der Waals surface area contributed by atoms with Gasteiger partial charge in [0.1, 0.15) is 18.2 Å². The minimum atomic E-state index is -0.196. The molecule has 2 saturated heterocycles. The monoisotopic (exact) mass is 529 g/mol. The Hall–Kier alpha value is -0.950. The number of quaternary nitrogens is 1. The van der Waals surface area contributed by atoms with Gasteiger partial charge >= 0.3 is 5.97 Å². The summed E-state index contributed by atoms with van der Waals surface area (Å²) in [6.07, 6.45) is 12.7. The standard InChI is InChI=1S/C32H53N2O4/c1-5-14-34(15-6-7-16-34)28-20-26-24-9-8-23-19-29(38-22(2)35)27(33-12-17-37-18-13-33)21-32(23,4)25(24)10-11-31(26,3)30(28)36/h5,23-30,36H,1,6-21H2,2-4H3/q+1/t23-,24?,25?,26?,27-,28-,29-,30-,31-,32-/m0/s1. The number of fused-ring (bicyclic) bond motifs is 5. The van der Waals surface area contributed by atoms with Crippen molar-refractivity contribution in [3.63, 3.8) is 0 Å². The highest BCUT2D eigenvalue weighted by atomic mass is 16.5. The van der Waals surface area contributed by atoms with Crippen LogP contribution in [-0.2, 0) is 14.3 Å². The fourth-order valence-electron chi connectivity index (χ4n) is 11.3. The van der Waals surface area contributed by atoms with Crippen LogP contribution in [0.3, 0.4) is 0 Å². The van der Waals surface area contributed by atoms with E-state index in [4.69, 9.17) is 9.47 Å². The molecule has 38 heavy (non-hydrogen) atoms. The molecule has 6 nitrogen and oxygen atoms in total. The van der Waals surface area contributed by atoms with E-state index in [-0.39, 0.29) is 29.0 Å². The molecule has 10 atom stereocenters. The second-order valence-electron chi connectivity index (χ2n) is 14.6. The molecule has 3 unspecified atom stereocenters.